The van der Waals surface area contributed by atoms with Crippen LogP contribution in [0.15, 0.2) is 0 Å². The van der Waals surface area contributed by atoms with Crippen molar-refractivity contribution in [2.75, 3.05) is 53.9 Å². The first-order chi connectivity index (χ1) is 4.97. The van der Waals surface area contributed by atoms with Crippen LogP contribution in [0.4, 0.5) is 0 Å². The van der Waals surface area contributed by atoms with E-state index in [9.17, 15) is 0 Å². The van der Waals surface area contributed by atoms with Gasteiger partial charge in [0.2, 0.25) is 0 Å². The molecule has 0 saturated carbocycles. The minimum atomic E-state index is 1.22. The number of likely N-dealkylation sites (N-methyl/N-ethyl adjacent to an activating group) is 2. The van der Waals surface area contributed by atoms with Gasteiger partial charge in [0.15, 0.2) is 0 Å². The predicted molar refractivity (Wildman–Crippen MR) is 48.3 cm³/mol. The summed E-state index contributed by atoms with van der Waals surface area (Å²) in [6.07, 6.45) is 0. The summed E-state index contributed by atoms with van der Waals surface area (Å²) in [5.41, 5.74) is 0. The fourth-order valence-electron chi connectivity index (χ4n) is 1.56. The largest absolute Gasteiger partial charge is 0.319 e. The van der Waals surface area contributed by atoms with Crippen molar-refractivity contribution >= 4 is 0 Å². The maximum Gasteiger partial charge on any atom is 0.128 e. The number of piperazine rings is 1. The maximum atomic E-state index is 2.37. The van der Waals surface area contributed by atoms with E-state index in [0.717, 1.165) is 0 Å². The van der Waals surface area contributed by atoms with Crippen molar-refractivity contribution in [3.05, 3.63) is 0 Å². The molecule has 0 aromatic carbocycles. The zero-order valence-corrected chi connectivity index (χ0v) is 8.43. The van der Waals surface area contributed by atoms with Crippen molar-refractivity contribution in [1.29, 1.82) is 0 Å². The van der Waals surface area contributed by atoms with E-state index in [4.69, 9.17) is 0 Å². The van der Waals surface area contributed by atoms with Crippen LogP contribution in [0.1, 0.15) is 6.92 Å². The summed E-state index contributed by atoms with van der Waals surface area (Å²) in [4.78, 5) is 0. The Kier molecular flexibility index (Phi) is 2.26. The van der Waals surface area contributed by atoms with Crippen LogP contribution in [0, 0.1) is 0 Å². The lowest BCUT2D eigenvalue weighted by atomic mass is 10.2. The van der Waals surface area contributed by atoms with Crippen molar-refractivity contribution in [3.63, 3.8) is 0 Å². The summed E-state index contributed by atoms with van der Waals surface area (Å²) in [5.74, 6) is 0. The molecule has 0 spiro atoms. The number of hydrogen-bond donors (Lipinski definition) is 0. The first-order valence-electron chi connectivity index (χ1n) is 4.63. The van der Waals surface area contributed by atoms with E-state index in [0.29, 0.717) is 0 Å². The van der Waals surface area contributed by atoms with Gasteiger partial charge in [-0.05, 0) is 6.92 Å². The Hall–Kier alpha value is -0.0800. The molecule has 1 heterocycles. The summed E-state index contributed by atoms with van der Waals surface area (Å²) in [6.45, 7) is 8.97. The van der Waals surface area contributed by atoms with Gasteiger partial charge in [-0.15, -0.1) is 0 Å². The van der Waals surface area contributed by atoms with Gasteiger partial charge < -0.3 is 8.97 Å². The van der Waals surface area contributed by atoms with Crippen molar-refractivity contribution < 1.29 is 8.97 Å². The highest BCUT2D eigenvalue weighted by Crippen LogP contribution is 2.12. The van der Waals surface area contributed by atoms with Crippen LogP contribution in [-0.4, -0.2) is 62.8 Å². The maximum absolute atomic E-state index is 2.37. The van der Waals surface area contributed by atoms with Gasteiger partial charge in [0.05, 0.1) is 27.7 Å². The lowest BCUT2D eigenvalue weighted by Crippen LogP contribution is -2.62. The first-order valence-corrected chi connectivity index (χ1v) is 4.63. The Morgan fingerprint density at radius 3 is 1.73 bits per heavy atom. The summed E-state index contributed by atoms with van der Waals surface area (Å²) < 4.78 is 2.50. The molecular weight excluding hydrogens is 136 g/mol. The van der Waals surface area contributed by atoms with Crippen LogP contribution in [0.5, 0.6) is 0 Å². The number of hydrogen-bond acceptors (Lipinski definition) is 0. The highest BCUT2D eigenvalue weighted by molar-refractivity contribution is 4.46. The molecule has 2 nitrogen and oxygen atoms in total. The Bertz CT molecular complexity index is 130. The number of rotatable bonds is 1. The third-order valence-electron chi connectivity index (χ3n) is 3.25. The van der Waals surface area contributed by atoms with Gasteiger partial charge in [0, 0.05) is 0 Å². The smallest absolute Gasteiger partial charge is 0.128 e. The van der Waals surface area contributed by atoms with Crippen LogP contribution in [0.25, 0.3) is 0 Å². The third-order valence-corrected chi connectivity index (χ3v) is 3.25. The molecule has 0 unspecified atom stereocenters. The Labute approximate surface area is 70.6 Å². The Morgan fingerprint density at radius 1 is 0.909 bits per heavy atom. The fraction of sp³-hybridized carbons (Fsp3) is 1.00. The second-order valence-electron chi connectivity index (χ2n) is 4.77. The fourth-order valence-corrected chi connectivity index (χ4v) is 1.56. The van der Waals surface area contributed by atoms with Crippen molar-refractivity contribution in [2.45, 2.75) is 6.92 Å². The highest BCUT2D eigenvalue weighted by Gasteiger charge is 2.32. The summed E-state index contributed by atoms with van der Waals surface area (Å²) in [7, 11) is 7.04. The molecule has 0 aromatic heterocycles. The molecule has 0 amide bonds. The molecule has 66 valence electrons. The van der Waals surface area contributed by atoms with Crippen LogP contribution < -0.4 is 0 Å². The molecule has 0 aliphatic carbocycles. The monoisotopic (exact) mass is 158 g/mol. The molecule has 0 aromatic rings. The molecule has 1 fully saturated rings. The lowest BCUT2D eigenvalue weighted by Gasteiger charge is -2.43. The lowest BCUT2D eigenvalue weighted by molar-refractivity contribution is -1.01. The molecule has 2 heteroatoms. The van der Waals surface area contributed by atoms with Crippen molar-refractivity contribution in [2.24, 2.45) is 0 Å². The van der Waals surface area contributed by atoms with Crippen molar-refractivity contribution in [3.8, 4) is 0 Å². The third kappa shape index (κ3) is 2.17. The van der Waals surface area contributed by atoms with Gasteiger partial charge in [-0.25, -0.2) is 0 Å². The minimum Gasteiger partial charge on any atom is -0.319 e. The zero-order chi connectivity index (χ0) is 8.54. The van der Waals surface area contributed by atoms with Gasteiger partial charge in [-0.2, -0.15) is 0 Å². The average Bonchev–Trinajstić information content (AvgIpc) is 1.97. The first kappa shape index (κ1) is 9.01. The molecule has 1 aliphatic rings. The van der Waals surface area contributed by atoms with E-state index in [2.05, 4.69) is 28.1 Å². The van der Waals surface area contributed by atoms with Crippen LogP contribution in [-0.2, 0) is 0 Å². The SMILES string of the molecule is CC[N+]1(C)CC[N+](C)(C)CC1. The van der Waals surface area contributed by atoms with E-state index in [1.165, 1.54) is 41.7 Å². The molecule has 0 bridgehead atoms. The van der Waals surface area contributed by atoms with Gasteiger partial charge >= 0.3 is 0 Å². The number of quaternary nitrogens is 2. The van der Waals surface area contributed by atoms with E-state index >= 15 is 0 Å². The summed E-state index contributed by atoms with van der Waals surface area (Å²) in [6, 6.07) is 0. The molecule has 1 saturated heterocycles. The minimum absolute atomic E-state index is 1.22. The highest BCUT2D eigenvalue weighted by atomic mass is 15.4. The zero-order valence-electron chi connectivity index (χ0n) is 8.43. The predicted octanol–water partition coefficient (Wildman–Crippen LogP) is 0.543. The second-order valence-corrected chi connectivity index (χ2v) is 4.77. The average molecular weight is 158 g/mol. The van der Waals surface area contributed by atoms with E-state index < -0.39 is 0 Å². The quantitative estimate of drug-likeness (QED) is 0.489. The standard InChI is InChI=1S/C9H22N2/c1-5-11(4)8-6-10(2,3)7-9-11/h5-9H2,1-4H3/q+2. The van der Waals surface area contributed by atoms with Crippen LogP contribution in [0.2, 0.25) is 0 Å². The van der Waals surface area contributed by atoms with Gasteiger partial charge in [-0.1, -0.05) is 0 Å². The Morgan fingerprint density at radius 2 is 1.36 bits per heavy atom. The Balaban J connectivity index is 2.48. The van der Waals surface area contributed by atoms with Crippen LogP contribution >= 0.6 is 0 Å². The topological polar surface area (TPSA) is 0 Å². The van der Waals surface area contributed by atoms with Gasteiger partial charge in [0.1, 0.15) is 26.2 Å². The molecule has 1 aliphatic heterocycles. The molecular formula is C9H22N2+2. The summed E-state index contributed by atoms with van der Waals surface area (Å²) >= 11 is 0. The van der Waals surface area contributed by atoms with Gasteiger partial charge in [-0.3, -0.25) is 0 Å². The van der Waals surface area contributed by atoms with E-state index in [1.807, 2.05) is 0 Å². The van der Waals surface area contributed by atoms with E-state index in [-0.39, 0.29) is 0 Å². The van der Waals surface area contributed by atoms with Crippen LogP contribution in [0.3, 0.4) is 0 Å². The van der Waals surface area contributed by atoms with E-state index in [1.54, 1.807) is 0 Å². The molecule has 11 heavy (non-hydrogen) atoms. The summed E-state index contributed by atoms with van der Waals surface area (Å²) in [5, 5.41) is 0. The van der Waals surface area contributed by atoms with Gasteiger partial charge in [0.25, 0.3) is 0 Å². The second kappa shape index (κ2) is 2.76. The number of nitrogens with zero attached hydrogens (tertiary/aromatic N) is 2. The molecule has 0 radical (unpaired) electrons. The van der Waals surface area contributed by atoms with Crippen molar-refractivity contribution in [1.82, 2.24) is 0 Å². The molecule has 0 atom stereocenters. The molecule has 0 N–H and O–H groups in total. The molecule has 1 rings (SSSR count). The normalized spacial score (nSPS) is 28.4.